The zero-order valence-corrected chi connectivity index (χ0v) is 14.2. The summed E-state index contributed by atoms with van der Waals surface area (Å²) in [5.74, 6) is 1.23. The van der Waals surface area contributed by atoms with E-state index in [1.54, 1.807) is 12.1 Å². The molecule has 24 heavy (non-hydrogen) atoms. The van der Waals surface area contributed by atoms with Crippen LogP contribution in [0.25, 0.3) is 0 Å². The molecule has 0 bridgehead atoms. The number of rotatable bonds is 9. The topological polar surface area (TPSA) is 59.6 Å². The van der Waals surface area contributed by atoms with Gasteiger partial charge in [0.15, 0.2) is 6.61 Å². The van der Waals surface area contributed by atoms with Crippen LogP contribution in [0.5, 0.6) is 11.5 Å². The predicted molar refractivity (Wildman–Crippen MR) is 95.6 cm³/mol. The van der Waals surface area contributed by atoms with Gasteiger partial charge in [-0.1, -0.05) is 25.1 Å². The highest BCUT2D eigenvalue weighted by atomic mass is 16.5. The highest BCUT2D eigenvalue weighted by Gasteiger charge is 2.07. The molecule has 0 aliphatic carbocycles. The highest BCUT2D eigenvalue weighted by Crippen LogP contribution is 2.18. The molecule has 0 radical (unpaired) electrons. The number of amides is 1. The predicted octanol–water partition coefficient (Wildman–Crippen LogP) is 3.21. The monoisotopic (exact) mass is 328 g/mol. The Labute approximate surface area is 143 Å². The van der Waals surface area contributed by atoms with E-state index in [0.29, 0.717) is 18.9 Å². The fourth-order valence-corrected chi connectivity index (χ4v) is 2.19. The van der Waals surface area contributed by atoms with Crippen LogP contribution in [-0.4, -0.2) is 25.7 Å². The number of nitrogens with one attached hydrogen (secondary N) is 2. The molecular weight excluding hydrogens is 304 g/mol. The number of anilines is 1. The molecule has 0 atom stereocenters. The number of benzene rings is 2. The number of carbonyl (C=O) groups excluding carboxylic acids is 1. The molecule has 1 amide bonds. The van der Waals surface area contributed by atoms with E-state index in [1.807, 2.05) is 50.2 Å². The Kier molecular flexibility index (Phi) is 7.11. The van der Waals surface area contributed by atoms with Crippen LogP contribution in [0.3, 0.4) is 0 Å². The molecule has 5 nitrogen and oxygen atoms in total. The van der Waals surface area contributed by atoms with Gasteiger partial charge in [-0.3, -0.25) is 4.79 Å². The average Bonchev–Trinajstić information content (AvgIpc) is 2.61. The van der Waals surface area contributed by atoms with E-state index in [4.69, 9.17) is 9.47 Å². The maximum atomic E-state index is 12.1. The number of ether oxygens (including phenoxy) is 2. The first-order valence-corrected chi connectivity index (χ1v) is 8.17. The first-order chi connectivity index (χ1) is 11.7. The minimum Gasteiger partial charge on any atom is -0.494 e. The molecule has 0 unspecified atom stereocenters. The van der Waals surface area contributed by atoms with Crippen molar-refractivity contribution in [2.75, 3.05) is 25.1 Å². The average molecular weight is 328 g/mol. The molecule has 0 saturated carbocycles. The van der Waals surface area contributed by atoms with Crippen LogP contribution >= 0.6 is 0 Å². The van der Waals surface area contributed by atoms with Gasteiger partial charge in [-0.15, -0.1) is 0 Å². The van der Waals surface area contributed by atoms with Crippen LogP contribution in [0.1, 0.15) is 19.4 Å². The maximum absolute atomic E-state index is 12.1. The van der Waals surface area contributed by atoms with Gasteiger partial charge < -0.3 is 20.1 Å². The van der Waals surface area contributed by atoms with Crippen molar-refractivity contribution >= 4 is 11.6 Å². The Morgan fingerprint density at radius 3 is 2.29 bits per heavy atom. The number of para-hydroxylation sites is 1. The summed E-state index contributed by atoms with van der Waals surface area (Å²) in [6, 6.07) is 15.0. The van der Waals surface area contributed by atoms with Crippen molar-refractivity contribution in [2.24, 2.45) is 0 Å². The van der Waals surface area contributed by atoms with Crippen molar-refractivity contribution in [3.8, 4) is 11.5 Å². The van der Waals surface area contributed by atoms with Crippen molar-refractivity contribution in [3.05, 3.63) is 54.1 Å². The molecule has 0 aromatic heterocycles. The van der Waals surface area contributed by atoms with E-state index in [0.717, 1.165) is 23.5 Å². The minimum absolute atomic E-state index is 0.0382. The van der Waals surface area contributed by atoms with E-state index in [-0.39, 0.29) is 12.5 Å². The molecule has 128 valence electrons. The molecule has 2 N–H and O–H groups in total. The summed E-state index contributed by atoms with van der Waals surface area (Å²) in [6.07, 6.45) is 0. The van der Waals surface area contributed by atoms with E-state index >= 15 is 0 Å². The van der Waals surface area contributed by atoms with Crippen LogP contribution < -0.4 is 20.1 Å². The zero-order chi connectivity index (χ0) is 17.2. The quantitative estimate of drug-likeness (QED) is 0.742. The number of carbonyl (C=O) groups is 1. The van der Waals surface area contributed by atoms with Gasteiger partial charge in [-0.2, -0.15) is 0 Å². The van der Waals surface area contributed by atoms with Crippen LogP contribution in [-0.2, 0) is 11.3 Å². The Bertz CT molecular complexity index is 641. The molecule has 0 spiro atoms. The number of hydrogen-bond donors (Lipinski definition) is 2. The minimum atomic E-state index is -0.187. The summed E-state index contributed by atoms with van der Waals surface area (Å²) in [7, 11) is 0. The second-order valence-electron chi connectivity index (χ2n) is 5.18. The van der Waals surface area contributed by atoms with E-state index in [9.17, 15) is 4.79 Å². The summed E-state index contributed by atoms with van der Waals surface area (Å²) in [4.78, 5) is 12.1. The lowest BCUT2D eigenvalue weighted by Gasteiger charge is -2.12. The fraction of sp³-hybridized carbons (Fsp3) is 0.316. The van der Waals surface area contributed by atoms with Crippen molar-refractivity contribution < 1.29 is 14.3 Å². The van der Waals surface area contributed by atoms with E-state index < -0.39 is 0 Å². The second kappa shape index (κ2) is 9.57. The van der Waals surface area contributed by atoms with E-state index in [1.165, 1.54) is 0 Å². The lowest BCUT2D eigenvalue weighted by Crippen LogP contribution is -2.22. The van der Waals surface area contributed by atoms with Gasteiger partial charge in [-0.25, -0.2) is 0 Å². The molecule has 0 heterocycles. The van der Waals surface area contributed by atoms with Crippen LogP contribution in [0.2, 0.25) is 0 Å². The Morgan fingerprint density at radius 2 is 1.62 bits per heavy atom. The van der Waals surface area contributed by atoms with Crippen LogP contribution in [0, 0.1) is 0 Å². The third-order valence-electron chi connectivity index (χ3n) is 3.36. The summed E-state index contributed by atoms with van der Waals surface area (Å²) < 4.78 is 10.9. The normalized spacial score (nSPS) is 10.2. The van der Waals surface area contributed by atoms with Gasteiger partial charge >= 0.3 is 0 Å². The van der Waals surface area contributed by atoms with Crippen molar-refractivity contribution in [2.45, 2.75) is 20.4 Å². The Morgan fingerprint density at radius 1 is 0.958 bits per heavy atom. The van der Waals surface area contributed by atoms with Gasteiger partial charge in [0.25, 0.3) is 5.91 Å². The van der Waals surface area contributed by atoms with E-state index in [2.05, 4.69) is 10.6 Å². The Balaban J connectivity index is 1.87. The smallest absolute Gasteiger partial charge is 0.262 e. The van der Waals surface area contributed by atoms with Gasteiger partial charge in [0.1, 0.15) is 11.5 Å². The summed E-state index contributed by atoms with van der Waals surface area (Å²) in [5.41, 5.74) is 1.85. The van der Waals surface area contributed by atoms with Crippen LogP contribution in [0.15, 0.2) is 48.5 Å². The highest BCUT2D eigenvalue weighted by molar-refractivity contribution is 5.92. The Hall–Kier alpha value is -2.53. The molecule has 2 aromatic carbocycles. The summed E-state index contributed by atoms with van der Waals surface area (Å²) in [6.45, 7) is 6.16. The summed E-state index contributed by atoms with van der Waals surface area (Å²) >= 11 is 0. The van der Waals surface area contributed by atoms with Crippen molar-refractivity contribution in [1.29, 1.82) is 0 Å². The molecule has 2 aromatic rings. The van der Waals surface area contributed by atoms with Crippen LogP contribution in [0.4, 0.5) is 5.69 Å². The van der Waals surface area contributed by atoms with Gasteiger partial charge in [0.05, 0.1) is 6.61 Å². The van der Waals surface area contributed by atoms with Crippen molar-refractivity contribution in [3.63, 3.8) is 0 Å². The second-order valence-corrected chi connectivity index (χ2v) is 5.18. The van der Waals surface area contributed by atoms with Gasteiger partial charge in [0.2, 0.25) is 0 Å². The third-order valence-corrected chi connectivity index (χ3v) is 3.36. The maximum Gasteiger partial charge on any atom is 0.262 e. The molecule has 2 rings (SSSR count). The first kappa shape index (κ1) is 17.8. The van der Waals surface area contributed by atoms with Gasteiger partial charge in [-0.05, 0) is 49.4 Å². The molecule has 0 fully saturated rings. The third kappa shape index (κ3) is 5.59. The molecule has 5 heteroatoms. The fourth-order valence-electron chi connectivity index (χ4n) is 2.19. The standard InChI is InChI=1S/C19H24N2O3/c1-3-20-13-15-7-5-6-8-18(15)21-19(22)14-24-17-11-9-16(10-12-17)23-4-2/h5-12,20H,3-4,13-14H2,1-2H3,(H,21,22). The zero-order valence-electron chi connectivity index (χ0n) is 14.2. The van der Waals surface area contributed by atoms with Gasteiger partial charge in [0, 0.05) is 12.2 Å². The van der Waals surface area contributed by atoms with Crippen molar-refractivity contribution in [1.82, 2.24) is 5.32 Å². The lowest BCUT2D eigenvalue weighted by atomic mass is 10.1. The SMILES string of the molecule is CCNCc1ccccc1NC(=O)COc1ccc(OCC)cc1. The molecule has 0 aliphatic rings. The molecule has 0 aliphatic heterocycles. The largest absolute Gasteiger partial charge is 0.494 e. The number of hydrogen-bond acceptors (Lipinski definition) is 4. The molecular formula is C19H24N2O3. The summed E-state index contributed by atoms with van der Waals surface area (Å²) in [5, 5.41) is 6.15. The first-order valence-electron chi connectivity index (χ1n) is 8.17. The molecule has 0 saturated heterocycles. The lowest BCUT2D eigenvalue weighted by molar-refractivity contribution is -0.118.